The largest absolute Gasteiger partial charge is 0.481 e. The molecule has 0 bridgehead atoms. The first-order valence-electron chi connectivity index (χ1n) is 6.88. The Bertz CT molecular complexity index is 542. The van der Waals surface area contributed by atoms with Crippen molar-refractivity contribution in [1.29, 1.82) is 0 Å². The zero-order chi connectivity index (χ0) is 15.6. The quantitative estimate of drug-likeness (QED) is 0.929. The third-order valence-corrected chi connectivity index (χ3v) is 3.87. The first kappa shape index (κ1) is 15.4. The van der Waals surface area contributed by atoms with E-state index in [4.69, 9.17) is 5.11 Å². The summed E-state index contributed by atoms with van der Waals surface area (Å²) in [7, 11) is 0. The van der Waals surface area contributed by atoms with Gasteiger partial charge in [0, 0.05) is 18.2 Å². The van der Waals surface area contributed by atoms with Crippen LogP contribution in [0.25, 0.3) is 0 Å². The number of nitrogens with zero attached hydrogens (tertiary/aromatic N) is 1. The molecule has 114 valence electrons. The highest BCUT2D eigenvalue weighted by atomic mass is 19.1. The molecule has 6 heteroatoms. The van der Waals surface area contributed by atoms with Crippen molar-refractivity contribution < 1.29 is 23.5 Å². The molecule has 4 nitrogen and oxygen atoms in total. The molecule has 2 atom stereocenters. The molecular weight excluding hydrogens is 280 g/mol. The molecule has 1 aromatic carbocycles. The van der Waals surface area contributed by atoms with Gasteiger partial charge in [-0.2, -0.15) is 0 Å². The Hall–Kier alpha value is -1.98. The van der Waals surface area contributed by atoms with Crippen LogP contribution in [0.2, 0.25) is 0 Å². The lowest BCUT2D eigenvalue weighted by Crippen LogP contribution is -2.39. The third kappa shape index (κ3) is 3.20. The number of carboxylic acids is 1. The Kier molecular flexibility index (Phi) is 4.55. The van der Waals surface area contributed by atoms with Crippen LogP contribution in [0.4, 0.5) is 8.78 Å². The molecule has 1 saturated heterocycles. The van der Waals surface area contributed by atoms with Crippen LogP contribution in [-0.2, 0) is 9.59 Å². The van der Waals surface area contributed by atoms with Crippen LogP contribution in [-0.4, -0.2) is 34.5 Å². The second-order valence-corrected chi connectivity index (χ2v) is 5.28. The summed E-state index contributed by atoms with van der Waals surface area (Å²) >= 11 is 0. The Morgan fingerprint density at radius 3 is 2.57 bits per heavy atom. The molecule has 1 aliphatic heterocycles. The van der Waals surface area contributed by atoms with E-state index >= 15 is 0 Å². The molecule has 1 aliphatic rings. The Balaban J connectivity index is 2.21. The van der Waals surface area contributed by atoms with Gasteiger partial charge in [0.1, 0.15) is 11.6 Å². The maximum Gasteiger partial charge on any atom is 0.305 e. The van der Waals surface area contributed by atoms with E-state index in [1.807, 2.05) is 0 Å². The summed E-state index contributed by atoms with van der Waals surface area (Å²) in [6, 6.07) is 3.07. The van der Waals surface area contributed by atoms with E-state index in [0.717, 1.165) is 12.1 Å². The van der Waals surface area contributed by atoms with Crippen LogP contribution < -0.4 is 0 Å². The molecule has 1 fully saturated rings. The molecule has 21 heavy (non-hydrogen) atoms. The first-order chi connectivity index (χ1) is 9.91. The summed E-state index contributed by atoms with van der Waals surface area (Å²) in [4.78, 5) is 24.7. The molecule has 0 aromatic heterocycles. The molecule has 0 radical (unpaired) electrons. The fourth-order valence-electron chi connectivity index (χ4n) is 2.84. The maximum absolute atomic E-state index is 13.8. The summed E-state index contributed by atoms with van der Waals surface area (Å²) in [5, 5.41) is 8.86. The number of carbonyl (C=O) groups is 2. The van der Waals surface area contributed by atoms with Gasteiger partial charge in [0.15, 0.2) is 0 Å². The number of aliphatic carboxylic acids is 1. The van der Waals surface area contributed by atoms with Gasteiger partial charge in [-0.05, 0) is 31.9 Å². The van der Waals surface area contributed by atoms with Gasteiger partial charge in [-0.3, -0.25) is 9.59 Å². The molecule has 1 aromatic rings. The van der Waals surface area contributed by atoms with Gasteiger partial charge in [0.25, 0.3) is 0 Å². The average Bonchev–Trinajstić information content (AvgIpc) is 2.84. The van der Waals surface area contributed by atoms with Crippen molar-refractivity contribution in [3.8, 4) is 0 Å². The standard InChI is InChI=1S/C15H17F2NO3/c1-9(14-11(16)5-2-6-12(14)17)15(21)18-7-3-4-10(18)8-13(19)20/h2,5-6,9-10H,3-4,7-8H2,1H3,(H,19,20). The number of likely N-dealkylation sites (tertiary alicyclic amines) is 1. The van der Waals surface area contributed by atoms with E-state index in [1.165, 1.54) is 17.9 Å². The van der Waals surface area contributed by atoms with Crippen LogP contribution in [0.5, 0.6) is 0 Å². The number of hydrogen-bond acceptors (Lipinski definition) is 2. The van der Waals surface area contributed by atoms with Crippen LogP contribution in [0.3, 0.4) is 0 Å². The number of halogens is 2. The van der Waals surface area contributed by atoms with Gasteiger partial charge in [-0.25, -0.2) is 8.78 Å². The summed E-state index contributed by atoms with van der Waals surface area (Å²) in [6.45, 7) is 1.87. The zero-order valence-corrected chi connectivity index (χ0v) is 11.7. The summed E-state index contributed by atoms with van der Waals surface area (Å²) in [5.41, 5.74) is -0.261. The fourth-order valence-corrected chi connectivity index (χ4v) is 2.84. The monoisotopic (exact) mass is 297 g/mol. The minimum atomic E-state index is -0.982. The van der Waals surface area contributed by atoms with Gasteiger partial charge < -0.3 is 10.0 Å². The molecule has 1 heterocycles. The second kappa shape index (κ2) is 6.20. The summed E-state index contributed by atoms with van der Waals surface area (Å²) in [6.07, 6.45) is 1.17. The van der Waals surface area contributed by atoms with Gasteiger partial charge in [-0.1, -0.05) is 6.07 Å². The zero-order valence-electron chi connectivity index (χ0n) is 11.7. The number of carbonyl (C=O) groups excluding carboxylic acids is 1. The fraction of sp³-hybridized carbons (Fsp3) is 0.467. The molecular formula is C15H17F2NO3. The molecule has 1 N–H and O–H groups in total. The molecule has 1 amide bonds. The summed E-state index contributed by atoms with van der Waals surface area (Å²) in [5.74, 6) is -3.90. The Morgan fingerprint density at radius 1 is 1.38 bits per heavy atom. The number of carboxylic acid groups (broad SMARTS) is 1. The first-order valence-corrected chi connectivity index (χ1v) is 6.88. The highest BCUT2D eigenvalue weighted by Crippen LogP contribution is 2.28. The van der Waals surface area contributed by atoms with Gasteiger partial charge >= 0.3 is 5.97 Å². The van der Waals surface area contributed by atoms with Crippen molar-refractivity contribution >= 4 is 11.9 Å². The van der Waals surface area contributed by atoms with E-state index in [2.05, 4.69) is 0 Å². The Labute approximate surface area is 121 Å². The molecule has 2 rings (SSSR count). The number of benzene rings is 1. The maximum atomic E-state index is 13.8. The van der Waals surface area contributed by atoms with Crippen molar-refractivity contribution in [3.05, 3.63) is 35.4 Å². The van der Waals surface area contributed by atoms with E-state index < -0.39 is 35.5 Å². The lowest BCUT2D eigenvalue weighted by molar-refractivity contribution is -0.140. The molecule has 0 saturated carbocycles. The van der Waals surface area contributed by atoms with Crippen LogP contribution in [0.15, 0.2) is 18.2 Å². The predicted molar refractivity (Wildman–Crippen MR) is 71.8 cm³/mol. The van der Waals surface area contributed by atoms with Gasteiger partial charge in [-0.15, -0.1) is 0 Å². The van der Waals surface area contributed by atoms with E-state index in [9.17, 15) is 18.4 Å². The summed E-state index contributed by atoms with van der Waals surface area (Å²) < 4.78 is 27.5. The topological polar surface area (TPSA) is 57.6 Å². The smallest absolute Gasteiger partial charge is 0.305 e. The molecule has 0 spiro atoms. The van der Waals surface area contributed by atoms with E-state index in [0.29, 0.717) is 19.4 Å². The SMILES string of the molecule is CC(C(=O)N1CCCC1CC(=O)O)c1c(F)cccc1F. The number of hydrogen-bond donors (Lipinski definition) is 1. The highest BCUT2D eigenvalue weighted by molar-refractivity contribution is 5.84. The minimum Gasteiger partial charge on any atom is -0.481 e. The van der Waals surface area contributed by atoms with Crippen LogP contribution in [0, 0.1) is 11.6 Å². The van der Waals surface area contributed by atoms with Gasteiger partial charge in [0.05, 0.1) is 12.3 Å². The van der Waals surface area contributed by atoms with E-state index in [1.54, 1.807) is 0 Å². The second-order valence-electron chi connectivity index (χ2n) is 5.28. The predicted octanol–water partition coefficient (Wildman–Crippen LogP) is 2.53. The van der Waals surface area contributed by atoms with Crippen molar-refractivity contribution in [2.75, 3.05) is 6.54 Å². The average molecular weight is 297 g/mol. The normalized spacial score (nSPS) is 19.6. The van der Waals surface area contributed by atoms with Crippen molar-refractivity contribution in [1.82, 2.24) is 4.90 Å². The van der Waals surface area contributed by atoms with Crippen LogP contribution in [0.1, 0.15) is 37.7 Å². The van der Waals surface area contributed by atoms with Crippen LogP contribution >= 0.6 is 0 Å². The minimum absolute atomic E-state index is 0.141. The molecule has 0 aliphatic carbocycles. The van der Waals surface area contributed by atoms with Crippen molar-refractivity contribution in [3.63, 3.8) is 0 Å². The molecule has 2 unspecified atom stereocenters. The van der Waals surface area contributed by atoms with Crippen molar-refractivity contribution in [2.24, 2.45) is 0 Å². The Morgan fingerprint density at radius 2 is 2.00 bits per heavy atom. The number of amides is 1. The lowest BCUT2D eigenvalue weighted by atomic mass is 9.97. The van der Waals surface area contributed by atoms with Gasteiger partial charge in [0.2, 0.25) is 5.91 Å². The lowest BCUT2D eigenvalue weighted by Gasteiger charge is -2.27. The highest BCUT2D eigenvalue weighted by Gasteiger charge is 2.34. The van der Waals surface area contributed by atoms with Crippen molar-refractivity contribution in [2.45, 2.75) is 38.1 Å². The number of rotatable bonds is 4. The van der Waals surface area contributed by atoms with E-state index in [-0.39, 0.29) is 12.0 Å². The third-order valence-electron chi connectivity index (χ3n) is 3.87.